The Labute approximate surface area is 350 Å². The summed E-state index contributed by atoms with van der Waals surface area (Å²) in [6.07, 6.45) is 2.55. The van der Waals surface area contributed by atoms with E-state index in [4.69, 9.17) is 11.6 Å². The van der Waals surface area contributed by atoms with Crippen LogP contribution < -0.4 is 26.6 Å². The number of nitrogens with one attached hydrogen (secondary N) is 6. The molecule has 1 saturated carbocycles. The molecule has 1 aliphatic carbocycles. The zero-order chi connectivity index (χ0) is 43.3. The van der Waals surface area contributed by atoms with Crippen LogP contribution in [0.4, 0.5) is 0 Å². The van der Waals surface area contributed by atoms with Crippen LogP contribution in [0, 0.1) is 11.8 Å². The van der Waals surface area contributed by atoms with Gasteiger partial charge in [-0.05, 0) is 60.2 Å². The summed E-state index contributed by atoms with van der Waals surface area (Å²) in [6.45, 7) is 0. The lowest BCUT2D eigenvalue weighted by Gasteiger charge is -2.30. The maximum Gasteiger partial charge on any atom is 0.307 e. The summed E-state index contributed by atoms with van der Waals surface area (Å²) in [7, 11) is 1.40. The number of aliphatic carboxylic acids is 2. The number of hydrogen-bond acceptors (Lipinski definition) is 8. The first kappa shape index (κ1) is 44.7. The van der Waals surface area contributed by atoms with E-state index in [0.717, 1.165) is 5.39 Å². The van der Waals surface area contributed by atoms with E-state index in [9.17, 15) is 48.9 Å². The number of aromatic amines is 1. The van der Waals surface area contributed by atoms with Crippen LogP contribution in [-0.2, 0) is 52.8 Å². The maximum absolute atomic E-state index is 14.2. The van der Waals surface area contributed by atoms with E-state index in [1.54, 1.807) is 66.9 Å². The standard InChI is InChI=1S/C43H49ClN6O10/c1-45-39(55)36(21-26-23-46-33-22-27(44)13-16-29(26)33)50-40(56)32(17-18-37(52)53)47-41(57)35(19-24-7-3-2-4-8-24)49-42(58)34(20-25-11-14-28(51)15-12-25)48-38(54)30-9-5-6-10-31(30)43(59)60/h2-4,7-8,11-16,22-23,30-32,34-36,46,51H,5-6,9-10,17-21H2,1H3,(H,45,55)(H,47,57)(H,48,54)(H,49,58)(H,50,56)(H,52,53)(H,59,60)/t30-,31-,32-,34-,35-,36-/m0/s1. The lowest BCUT2D eigenvalue weighted by Crippen LogP contribution is -2.59. The van der Waals surface area contributed by atoms with Gasteiger partial charge in [-0.2, -0.15) is 0 Å². The molecule has 0 unspecified atom stereocenters. The molecule has 1 aromatic heterocycles. The van der Waals surface area contributed by atoms with Crippen molar-refractivity contribution in [1.82, 2.24) is 31.6 Å². The highest BCUT2D eigenvalue weighted by atomic mass is 35.5. The SMILES string of the molecule is CNC(=O)[C@H](Cc1c[nH]c2cc(Cl)ccc12)NC(=O)[C@H](CCC(=O)O)NC(=O)[C@H](Cc1ccccc1)NC(=O)[C@H](Cc1ccc(O)cc1)NC(=O)[C@H]1CCCC[C@@H]1C(=O)O. The summed E-state index contributed by atoms with van der Waals surface area (Å²) < 4.78 is 0. The van der Waals surface area contributed by atoms with Gasteiger partial charge in [0.15, 0.2) is 0 Å². The molecule has 1 aliphatic rings. The van der Waals surface area contributed by atoms with Gasteiger partial charge >= 0.3 is 11.9 Å². The molecule has 1 heterocycles. The Kier molecular flexibility index (Phi) is 15.7. The number of amides is 5. The molecule has 60 heavy (non-hydrogen) atoms. The average molecular weight is 845 g/mol. The van der Waals surface area contributed by atoms with Crippen LogP contribution in [-0.4, -0.2) is 93.0 Å². The Morgan fingerprint density at radius 3 is 1.88 bits per heavy atom. The fourth-order valence-corrected chi connectivity index (χ4v) is 7.61. The number of H-pyrrole nitrogens is 1. The van der Waals surface area contributed by atoms with Crippen LogP contribution in [0.1, 0.15) is 55.2 Å². The van der Waals surface area contributed by atoms with Crippen LogP contribution in [0.2, 0.25) is 5.02 Å². The number of carboxylic acids is 2. The van der Waals surface area contributed by atoms with Crippen LogP contribution >= 0.6 is 11.6 Å². The maximum atomic E-state index is 14.2. The first-order chi connectivity index (χ1) is 28.7. The molecule has 4 aromatic rings. The van der Waals surface area contributed by atoms with Crippen molar-refractivity contribution in [2.45, 2.75) is 82.0 Å². The molecule has 5 amide bonds. The third kappa shape index (κ3) is 12.3. The van der Waals surface area contributed by atoms with Crippen molar-refractivity contribution >= 4 is 64.0 Å². The van der Waals surface area contributed by atoms with Crippen molar-refractivity contribution in [3.05, 3.63) is 101 Å². The van der Waals surface area contributed by atoms with Gasteiger partial charge in [-0.15, -0.1) is 0 Å². The van der Waals surface area contributed by atoms with E-state index in [1.807, 2.05) is 0 Å². The Hall–Kier alpha value is -6.42. The summed E-state index contributed by atoms with van der Waals surface area (Å²) in [5, 5.41) is 43.7. The number of fused-ring (bicyclic) bond motifs is 1. The number of phenols is 1. The number of carboxylic acid groups (broad SMARTS) is 2. The number of rotatable bonds is 19. The van der Waals surface area contributed by atoms with E-state index in [0.29, 0.717) is 52.9 Å². The predicted octanol–water partition coefficient (Wildman–Crippen LogP) is 3.00. The van der Waals surface area contributed by atoms with Crippen LogP contribution in [0.3, 0.4) is 0 Å². The third-order valence-corrected chi connectivity index (χ3v) is 10.9. The highest BCUT2D eigenvalue weighted by molar-refractivity contribution is 6.31. The highest BCUT2D eigenvalue weighted by Crippen LogP contribution is 2.31. The molecule has 318 valence electrons. The Morgan fingerprint density at radius 1 is 0.700 bits per heavy atom. The number of carbonyl (C=O) groups is 7. The molecular weight excluding hydrogens is 796 g/mol. The smallest absolute Gasteiger partial charge is 0.307 e. The summed E-state index contributed by atoms with van der Waals surface area (Å²) in [5.41, 5.74) is 2.56. The Balaban J connectivity index is 1.39. The van der Waals surface area contributed by atoms with Gasteiger partial charge in [0.2, 0.25) is 29.5 Å². The number of aromatic nitrogens is 1. The van der Waals surface area contributed by atoms with Crippen molar-refractivity contribution < 1.29 is 48.9 Å². The van der Waals surface area contributed by atoms with Gasteiger partial charge in [0.25, 0.3) is 0 Å². The van der Waals surface area contributed by atoms with Gasteiger partial charge < -0.3 is 46.9 Å². The van der Waals surface area contributed by atoms with Crippen molar-refractivity contribution in [2.24, 2.45) is 11.8 Å². The van der Waals surface area contributed by atoms with Crippen LogP contribution in [0.5, 0.6) is 5.75 Å². The number of carbonyl (C=O) groups excluding carboxylic acids is 5. The fraction of sp³-hybridized carbons (Fsp3) is 0.372. The zero-order valence-corrected chi connectivity index (χ0v) is 33.7. The Bertz CT molecular complexity index is 2180. The molecule has 0 bridgehead atoms. The van der Waals surface area contributed by atoms with Crippen molar-refractivity contribution in [3.63, 3.8) is 0 Å². The van der Waals surface area contributed by atoms with E-state index in [-0.39, 0.29) is 31.4 Å². The summed E-state index contributed by atoms with van der Waals surface area (Å²) in [4.78, 5) is 96.0. The van der Waals surface area contributed by atoms with Crippen molar-refractivity contribution in [3.8, 4) is 5.75 Å². The molecular formula is C43H49ClN6O10. The largest absolute Gasteiger partial charge is 0.508 e. The normalized spacial score (nSPS) is 17.0. The second kappa shape index (κ2) is 21.0. The van der Waals surface area contributed by atoms with E-state index >= 15 is 0 Å². The molecule has 6 atom stereocenters. The third-order valence-electron chi connectivity index (χ3n) is 10.7. The van der Waals surface area contributed by atoms with Crippen molar-refractivity contribution in [2.75, 3.05) is 7.05 Å². The number of halogens is 1. The second-order valence-corrected chi connectivity index (χ2v) is 15.3. The Morgan fingerprint density at radius 2 is 1.27 bits per heavy atom. The average Bonchev–Trinajstić information content (AvgIpc) is 3.63. The molecule has 9 N–H and O–H groups in total. The van der Waals surface area contributed by atoms with Gasteiger partial charge in [-0.3, -0.25) is 33.6 Å². The molecule has 0 aliphatic heterocycles. The zero-order valence-electron chi connectivity index (χ0n) is 32.9. The fourth-order valence-electron chi connectivity index (χ4n) is 7.44. The molecule has 0 spiro atoms. The number of aromatic hydroxyl groups is 1. The topological polar surface area (TPSA) is 256 Å². The number of hydrogen-bond donors (Lipinski definition) is 9. The van der Waals surface area contributed by atoms with Crippen molar-refractivity contribution in [1.29, 1.82) is 0 Å². The van der Waals surface area contributed by atoms with Gasteiger partial charge in [-0.25, -0.2) is 0 Å². The van der Waals surface area contributed by atoms with Crippen LogP contribution in [0.25, 0.3) is 10.9 Å². The van der Waals surface area contributed by atoms with E-state index in [1.165, 1.54) is 19.2 Å². The van der Waals surface area contributed by atoms with Gasteiger partial charge in [0.05, 0.1) is 11.8 Å². The monoisotopic (exact) mass is 844 g/mol. The molecule has 5 rings (SSSR count). The number of phenolic OH excluding ortho intramolecular Hbond substituents is 1. The van der Waals surface area contributed by atoms with Gasteiger partial charge in [0, 0.05) is 54.9 Å². The summed E-state index contributed by atoms with van der Waals surface area (Å²) in [5.74, 6) is -7.87. The first-order valence-electron chi connectivity index (χ1n) is 19.7. The summed E-state index contributed by atoms with van der Waals surface area (Å²) in [6, 6.07) is 14.5. The number of likely N-dealkylation sites (N-methyl/N-ethyl adjacent to an activating group) is 1. The molecule has 1 fully saturated rings. The van der Waals surface area contributed by atoms with E-state index < -0.39 is 83.9 Å². The van der Waals surface area contributed by atoms with Crippen LogP contribution in [0.15, 0.2) is 79.0 Å². The highest BCUT2D eigenvalue weighted by Gasteiger charge is 2.38. The molecule has 0 radical (unpaired) electrons. The lowest BCUT2D eigenvalue weighted by molar-refractivity contribution is -0.149. The second-order valence-electron chi connectivity index (χ2n) is 14.9. The number of benzene rings is 3. The molecule has 17 heteroatoms. The molecule has 0 saturated heterocycles. The van der Waals surface area contributed by atoms with E-state index in [2.05, 4.69) is 31.6 Å². The molecule has 3 aromatic carbocycles. The minimum atomic E-state index is -1.47. The summed E-state index contributed by atoms with van der Waals surface area (Å²) >= 11 is 6.13. The lowest BCUT2D eigenvalue weighted by atomic mass is 9.78. The van der Waals surface area contributed by atoms with Gasteiger partial charge in [-0.1, -0.05) is 73.0 Å². The predicted molar refractivity (Wildman–Crippen MR) is 221 cm³/mol. The quantitative estimate of drug-likeness (QED) is 0.0667. The molecule has 16 nitrogen and oxygen atoms in total. The first-order valence-corrected chi connectivity index (χ1v) is 20.0. The minimum Gasteiger partial charge on any atom is -0.508 e. The minimum absolute atomic E-state index is 0.0265. The van der Waals surface area contributed by atoms with Gasteiger partial charge in [0.1, 0.15) is 29.9 Å².